The van der Waals surface area contributed by atoms with Crippen molar-refractivity contribution in [1.82, 2.24) is 10.3 Å². The van der Waals surface area contributed by atoms with Crippen molar-refractivity contribution in [3.05, 3.63) is 59.9 Å². The lowest BCUT2D eigenvalue weighted by atomic mass is 10.2. The van der Waals surface area contributed by atoms with E-state index in [9.17, 15) is 13.6 Å². The Labute approximate surface area is 114 Å². The fraction of sp³-hybridized carbons (Fsp3) is 0.143. The first-order valence-electron chi connectivity index (χ1n) is 5.87. The number of hydrogen-bond donors (Lipinski definition) is 1. The maximum Gasteiger partial charge on any atom is 0.387 e. The average molecular weight is 278 g/mol. The highest BCUT2D eigenvalue weighted by atomic mass is 19.3. The Hall–Kier alpha value is -2.50. The van der Waals surface area contributed by atoms with Crippen molar-refractivity contribution in [2.45, 2.75) is 13.2 Å². The SMILES string of the molecule is O=C(NCc1cccnc1)c1ccc(OC(F)F)cc1. The van der Waals surface area contributed by atoms with Gasteiger partial charge in [0.25, 0.3) is 5.91 Å². The van der Waals surface area contributed by atoms with Gasteiger partial charge in [0.1, 0.15) is 5.75 Å². The predicted molar refractivity (Wildman–Crippen MR) is 68.5 cm³/mol. The fourth-order valence-electron chi connectivity index (χ4n) is 1.57. The van der Waals surface area contributed by atoms with E-state index in [-0.39, 0.29) is 11.7 Å². The molecular formula is C14H12F2N2O2. The first-order chi connectivity index (χ1) is 9.65. The van der Waals surface area contributed by atoms with Gasteiger partial charge in [0.15, 0.2) is 0 Å². The highest BCUT2D eigenvalue weighted by molar-refractivity contribution is 5.94. The summed E-state index contributed by atoms with van der Waals surface area (Å²) in [6.45, 7) is -2.53. The summed E-state index contributed by atoms with van der Waals surface area (Å²) in [5.74, 6) is -0.277. The van der Waals surface area contributed by atoms with Gasteiger partial charge in [-0.25, -0.2) is 0 Å². The third kappa shape index (κ3) is 4.01. The Bertz CT molecular complexity index is 559. The molecule has 1 aromatic heterocycles. The molecule has 0 radical (unpaired) electrons. The molecule has 1 aromatic carbocycles. The smallest absolute Gasteiger partial charge is 0.387 e. The van der Waals surface area contributed by atoms with Gasteiger partial charge in [0, 0.05) is 24.5 Å². The number of benzene rings is 1. The maximum atomic E-state index is 12.0. The van der Waals surface area contributed by atoms with Gasteiger partial charge in [0.2, 0.25) is 0 Å². The summed E-state index contributed by atoms with van der Waals surface area (Å²) in [5, 5.41) is 2.71. The molecule has 0 aliphatic rings. The highest BCUT2D eigenvalue weighted by Crippen LogP contribution is 2.14. The van der Waals surface area contributed by atoms with Crippen molar-refractivity contribution in [2.75, 3.05) is 0 Å². The van der Waals surface area contributed by atoms with Crippen LogP contribution < -0.4 is 10.1 Å². The molecule has 0 aliphatic carbocycles. The summed E-state index contributed by atoms with van der Waals surface area (Å²) in [6.07, 6.45) is 3.30. The zero-order valence-electron chi connectivity index (χ0n) is 10.4. The second-order valence-electron chi connectivity index (χ2n) is 3.95. The molecule has 6 heteroatoms. The molecule has 104 valence electrons. The minimum Gasteiger partial charge on any atom is -0.435 e. The molecule has 1 amide bonds. The van der Waals surface area contributed by atoms with E-state index in [4.69, 9.17) is 0 Å². The minimum absolute atomic E-state index is 0.0174. The topological polar surface area (TPSA) is 51.2 Å². The monoisotopic (exact) mass is 278 g/mol. The second kappa shape index (κ2) is 6.60. The number of nitrogens with one attached hydrogen (secondary N) is 1. The number of nitrogens with zero attached hydrogens (tertiary/aromatic N) is 1. The molecule has 1 heterocycles. The molecule has 0 bridgehead atoms. The number of aromatic nitrogens is 1. The van der Waals surface area contributed by atoms with Crippen LogP contribution in [0.4, 0.5) is 8.78 Å². The van der Waals surface area contributed by atoms with Crippen LogP contribution >= 0.6 is 0 Å². The van der Waals surface area contributed by atoms with Crippen LogP contribution in [0.5, 0.6) is 5.75 Å². The largest absolute Gasteiger partial charge is 0.435 e. The summed E-state index contributed by atoms with van der Waals surface area (Å²) in [7, 11) is 0. The van der Waals surface area contributed by atoms with E-state index in [1.807, 2.05) is 6.07 Å². The number of pyridine rings is 1. The lowest BCUT2D eigenvalue weighted by Gasteiger charge is -2.07. The van der Waals surface area contributed by atoms with Crippen LogP contribution in [0.2, 0.25) is 0 Å². The van der Waals surface area contributed by atoms with Crippen molar-refractivity contribution in [2.24, 2.45) is 0 Å². The Morgan fingerprint density at radius 3 is 2.60 bits per heavy atom. The Kier molecular flexibility index (Phi) is 4.60. The van der Waals surface area contributed by atoms with Crippen LogP contribution in [0.3, 0.4) is 0 Å². The van der Waals surface area contributed by atoms with Crippen LogP contribution in [-0.4, -0.2) is 17.5 Å². The number of carbonyl (C=O) groups excluding carboxylic acids is 1. The third-order valence-electron chi connectivity index (χ3n) is 2.52. The van der Waals surface area contributed by atoms with Crippen molar-refractivity contribution < 1.29 is 18.3 Å². The summed E-state index contributed by atoms with van der Waals surface area (Å²) >= 11 is 0. The number of carbonyl (C=O) groups is 1. The van der Waals surface area contributed by atoms with Gasteiger partial charge in [-0.15, -0.1) is 0 Å². The molecule has 0 spiro atoms. The van der Waals surface area contributed by atoms with Gasteiger partial charge in [0.05, 0.1) is 0 Å². The van der Waals surface area contributed by atoms with Gasteiger partial charge in [-0.05, 0) is 35.9 Å². The standard InChI is InChI=1S/C14H12F2N2O2/c15-14(16)20-12-5-3-11(4-6-12)13(19)18-9-10-2-1-7-17-8-10/h1-8,14H,9H2,(H,18,19). The Balaban J connectivity index is 1.92. The summed E-state index contributed by atoms with van der Waals surface area (Å²) in [5.41, 5.74) is 1.24. The fourth-order valence-corrected chi connectivity index (χ4v) is 1.57. The zero-order valence-corrected chi connectivity index (χ0v) is 10.4. The predicted octanol–water partition coefficient (Wildman–Crippen LogP) is 2.61. The van der Waals surface area contributed by atoms with Crippen LogP contribution in [0.25, 0.3) is 0 Å². The van der Waals surface area contributed by atoms with Gasteiger partial charge in [-0.3, -0.25) is 9.78 Å². The van der Waals surface area contributed by atoms with E-state index < -0.39 is 6.61 Å². The maximum absolute atomic E-state index is 12.0. The lowest BCUT2D eigenvalue weighted by molar-refractivity contribution is -0.0498. The summed E-state index contributed by atoms with van der Waals surface area (Å²) in [6, 6.07) is 9.12. The molecule has 20 heavy (non-hydrogen) atoms. The van der Waals surface area contributed by atoms with E-state index in [0.29, 0.717) is 12.1 Å². The van der Waals surface area contributed by atoms with Crippen molar-refractivity contribution in [1.29, 1.82) is 0 Å². The molecular weight excluding hydrogens is 266 g/mol. The first-order valence-corrected chi connectivity index (χ1v) is 5.87. The second-order valence-corrected chi connectivity index (χ2v) is 3.95. The normalized spacial score (nSPS) is 10.3. The highest BCUT2D eigenvalue weighted by Gasteiger charge is 2.07. The third-order valence-corrected chi connectivity index (χ3v) is 2.52. The summed E-state index contributed by atoms with van der Waals surface area (Å²) in [4.78, 5) is 15.8. The van der Waals surface area contributed by atoms with E-state index >= 15 is 0 Å². The molecule has 0 saturated heterocycles. The van der Waals surface area contributed by atoms with Crippen molar-refractivity contribution >= 4 is 5.91 Å². The minimum atomic E-state index is -2.87. The zero-order chi connectivity index (χ0) is 14.4. The van der Waals surface area contributed by atoms with Crippen molar-refractivity contribution in [3.8, 4) is 5.75 Å². The van der Waals surface area contributed by atoms with E-state index in [1.54, 1.807) is 18.5 Å². The van der Waals surface area contributed by atoms with E-state index in [2.05, 4.69) is 15.0 Å². The quantitative estimate of drug-likeness (QED) is 0.914. The van der Waals surface area contributed by atoms with Gasteiger partial charge < -0.3 is 10.1 Å². The van der Waals surface area contributed by atoms with Crippen LogP contribution in [-0.2, 0) is 6.54 Å². The average Bonchev–Trinajstić information content (AvgIpc) is 2.46. The number of hydrogen-bond acceptors (Lipinski definition) is 3. The number of alkyl halides is 2. The number of halogens is 2. The molecule has 4 nitrogen and oxygen atoms in total. The summed E-state index contributed by atoms with van der Waals surface area (Å²) < 4.78 is 28.2. The molecule has 2 aromatic rings. The molecule has 2 rings (SSSR count). The molecule has 0 saturated carbocycles. The lowest BCUT2D eigenvalue weighted by Crippen LogP contribution is -2.22. The molecule has 0 aliphatic heterocycles. The van der Waals surface area contributed by atoms with Crippen LogP contribution in [0.15, 0.2) is 48.8 Å². The van der Waals surface area contributed by atoms with Crippen LogP contribution in [0.1, 0.15) is 15.9 Å². The molecule has 0 fully saturated rings. The first kappa shape index (κ1) is 13.9. The molecule has 1 N–H and O–H groups in total. The number of amides is 1. The Morgan fingerprint density at radius 1 is 1.25 bits per heavy atom. The van der Waals surface area contributed by atoms with Crippen LogP contribution in [0, 0.1) is 0 Å². The Morgan fingerprint density at radius 2 is 2.00 bits per heavy atom. The molecule has 0 atom stereocenters. The van der Waals surface area contributed by atoms with Crippen molar-refractivity contribution in [3.63, 3.8) is 0 Å². The molecule has 0 unspecified atom stereocenters. The van der Waals surface area contributed by atoms with Gasteiger partial charge in [-0.1, -0.05) is 6.07 Å². The van der Waals surface area contributed by atoms with Gasteiger partial charge in [-0.2, -0.15) is 8.78 Å². The van der Waals surface area contributed by atoms with Gasteiger partial charge >= 0.3 is 6.61 Å². The number of ether oxygens (including phenoxy) is 1. The van der Waals surface area contributed by atoms with E-state index in [1.165, 1.54) is 24.3 Å². The van der Waals surface area contributed by atoms with E-state index in [0.717, 1.165) is 5.56 Å². The number of rotatable bonds is 5.